The number of carboxylic acids is 1. The van der Waals surface area contributed by atoms with Crippen LogP contribution in [-0.2, 0) is 28.7 Å². The van der Waals surface area contributed by atoms with Gasteiger partial charge in [-0.25, -0.2) is 9.59 Å². The van der Waals surface area contributed by atoms with Gasteiger partial charge in [0.05, 0.1) is 6.42 Å². The summed E-state index contributed by atoms with van der Waals surface area (Å²) in [5.41, 5.74) is 9.44. The Morgan fingerprint density at radius 3 is 1.77 bits per heavy atom. The maximum Gasteiger partial charge on any atom is 0.407 e. The number of nitrogens with two attached hydrogens (primary N) is 1. The number of carboxylic acid groups (broad SMARTS) is 1. The first-order chi connectivity index (χ1) is 20.8. The van der Waals surface area contributed by atoms with Crippen LogP contribution in [0.15, 0.2) is 48.5 Å². The van der Waals surface area contributed by atoms with E-state index in [0.29, 0.717) is 0 Å². The van der Waals surface area contributed by atoms with Crippen molar-refractivity contribution in [1.29, 1.82) is 0 Å². The molecule has 0 radical (unpaired) electrons. The molecule has 4 unspecified atom stereocenters. The number of carbonyl (C=O) groups is 6. The van der Waals surface area contributed by atoms with Gasteiger partial charge in [-0.3, -0.25) is 19.2 Å². The van der Waals surface area contributed by atoms with Crippen LogP contribution in [0.2, 0.25) is 0 Å². The lowest BCUT2D eigenvalue weighted by molar-refractivity contribution is -0.143. The van der Waals surface area contributed by atoms with Crippen molar-refractivity contribution in [2.45, 2.75) is 70.6 Å². The smallest absolute Gasteiger partial charge is 0.407 e. The Hall–Kier alpha value is -4.94. The fourth-order valence-electron chi connectivity index (χ4n) is 4.96. The predicted octanol–water partition coefficient (Wildman–Crippen LogP) is 1.39. The molecule has 2 aromatic carbocycles. The van der Waals surface area contributed by atoms with E-state index in [0.717, 1.165) is 22.3 Å². The van der Waals surface area contributed by atoms with Crippen LogP contribution in [0.25, 0.3) is 11.1 Å². The number of primary amides is 1. The summed E-state index contributed by atoms with van der Waals surface area (Å²) < 4.78 is 5.46. The third-order valence-electron chi connectivity index (χ3n) is 7.18. The van der Waals surface area contributed by atoms with Crippen molar-refractivity contribution >= 4 is 35.7 Å². The second-order valence-electron chi connectivity index (χ2n) is 11.2. The normalized spacial score (nSPS) is 14.7. The Kier molecular flexibility index (Phi) is 11.4. The zero-order valence-electron chi connectivity index (χ0n) is 25.1. The van der Waals surface area contributed by atoms with Gasteiger partial charge in [0.1, 0.15) is 30.8 Å². The summed E-state index contributed by atoms with van der Waals surface area (Å²) in [5, 5.41) is 18.9. The first-order valence-electron chi connectivity index (χ1n) is 14.3. The number of ether oxygens (including phenoxy) is 1. The Morgan fingerprint density at radius 2 is 1.25 bits per heavy atom. The van der Waals surface area contributed by atoms with E-state index in [-0.39, 0.29) is 24.9 Å². The number of rotatable bonds is 14. The van der Waals surface area contributed by atoms with E-state index in [1.165, 1.54) is 13.8 Å². The second-order valence-corrected chi connectivity index (χ2v) is 11.2. The van der Waals surface area contributed by atoms with Crippen molar-refractivity contribution in [2.24, 2.45) is 11.7 Å². The monoisotopic (exact) mass is 609 g/mol. The van der Waals surface area contributed by atoms with Gasteiger partial charge in [-0.15, -0.1) is 0 Å². The Bertz CT molecular complexity index is 1370. The highest BCUT2D eigenvalue weighted by Crippen LogP contribution is 2.44. The molecule has 0 aromatic heterocycles. The van der Waals surface area contributed by atoms with Gasteiger partial charge in [-0.05, 0) is 48.4 Å². The molecule has 0 aliphatic heterocycles. The summed E-state index contributed by atoms with van der Waals surface area (Å²) in [6.45, 7) is 6.35. The summed E-state index contributed by atoms with van der Waals surface area (Å²) in [4.78, 5) is 73.9. The van der Waals surface area contributed by atoms with E-state index in [1.54, 1.807) is 13.8 Å². The molecule has 13 heteroatoms. The molecule has 0 fully saturated rings. The number of nitrogens with one attached hydrogen (secondary N) is 4. The van der Waals surface area contributed by atoms with Crippen LogP contribution in [0.4, 0.5) is 4.79 Å². The minimum atomic E-state index is -1.47. The van der Waals surface area contributed by atoms with Crippen LogP contribution in [-0.4, -0.2) is 71.6 Å². The van der Waals surface area contributed by atoms with Crippen molar-refractivity contribution in [3.63, 3.8) is 0 Å². The minimum absolute atomic E-state index is 0.0518. The molecule has 4 atom stereocenters. The van der Waals surface area contributed by atoms with Crippen molar-refractivity contribution in [3.05, 3.63) is 59.7 Å². The number of amides is 5. The maximum atomic E-state index is 12.8. The molecule has 0 heterocycles. The SMILES string of the molecule is CC(C)CC(NC(=O)C(CC(N)=O)NC(=O)C(C)NC(=O)C(C)NC(=O)OCC1c2ccccc2-c2ccccc21)C(=O)O. The van der Waals surface area contributed by atoms with Gasteiger partial charge in [0.25, 0.3) is 0 Å². The van der Waals surface area contributed by atoms with Crippen molar-refractivity contribution in [2.75, 3.05) is 6.61 Å². The van der Waals surface area contributed by atoms with Gasteiger partial charge < -0.3 is 36.8 Å². The number of aliphatic carboxylic acids is 1. The van der Waals surface area contributed by atoms with E-state index in [2.05, 4.69) is 21.3 Å². The second kappa shape index (κ2) is 15.0. The van der Waals surface area contributed by atoms with Gasteiger partial charge >= 0.3 is 12.1 Å². The summed E-state index contributed by atoms with van der Waals surface area (Å²) in [6, 6.07) is 10.7. The molecule has 44 heavy (non-hydrogen) atoms. The molecule has 0 saturated heterocycles. The van der Waals surface area contributed by atoms with Crippen LogP contribution in [0.1, 0.15) is 57.6 Å². The molecule has 236 valence electrons. The van der Waals surface area contributed by atoms with Gasteiger partial charge in [0.2, 0.25) is 23.6 Å². The van der Waals surface area contributed by atoms with Gasteiger partial charge in [0.15, 0.2) is 0 Å². The number of hydrogen-bond acceptors (Lipinski definition) is 7. The molecule has 0 saturated carbocycles. The zero-order valence-corrected chi connectivity index (χ0v) is 25.1. The minimum Gasteiger partial charge on any atom is -0.480 e. The first-order valence-corrected chi connectivity index (χ1v) is 14.3. The third-order valence-corrected chi connectivity index (χ3v) is 7.18. The molecular formula is C31H39N5O8. The fraction of sp³-hybridized carbons (Fsp3) is 0.419. The van der Waals surface area contributed by atoms with Crippen molar-refractivity contribution in [3.8, 4) is 11.1 Å². The number of benzene rings is 2. The first kappa shape index (κ1) is 33.6. The molecule has 1 aliphatic rings. The molecule has 0 bridgehead atoms. The zero-order chi connectivity index (χ0) is 32.6. The van der Waals surface area contributed by atoms with Gasteiger partial charge in [-0.2, -0.15) is 0 Å². The van der Waals surface area contributed by atoms with Gasteiger partial charge in [0, 0.05) is 5.92 Å². The Balaban J connectivity index is 1.53. The summed E-state index contributed by atoms with van der Waals surface area (Å²) >= 11 is 0. The summed E-state index contributed by atoms with van der Waals surface area (Å²) in [7, 11) is 0. The molecule has 2 aromatic rings. The van der Waals surface area contributed by atoms with E-state index in [4.69, 9.17) is 10.5 Å². The topological polar surface area (TPSA) is 206 Å². The van der Waals surface area contributed by atoms with Crippen LogP contribution >= 0.6 is 0 Å². The predicted molar refractivity (Wildman–Crippen MR) is 160 cm³/mol. The number of hydrogen-bond donors (Lipinski definition) is 6. The summed E-state index contributed by atoms with van der Waals surface area (Å²) in [6.07, 6.45) is -1.29. The molecule has 7 N–H and O–H groups in total. The highest BCUT2D eigenvalue weighted by Gasteiger charge is 2.31. The molecular weight excluding hydrogens is 570 g/mol. The van der Waals surface area contributed by atoms with E-state index in [1.807, 2.05) is 48.5 Å². The largest absolute Gasteiger partial charge is 0.480 e. The average Bonchev–Trinajstić information content (AvgIpc) is 3.28. The number of carbonyl (C=O) groups excluding carboxylic acids is 5. The highest BCUT2D eigenvalue weighted by atomic mass is 16.5. The van der Waals surface area contributed by atoms with Crippen LogP contribution in [0.5, 0.6) is 0 Å². The molecule has 3 rings (SSSR count). The van der Waals surface area contributed by atoms with Crippen LogP contribution in [0, 0.1) is 5.92 Å². The van der Waals surface area contributed by atoms with Crippen molar-refractivity contribution < 1.29 is 38.6 Å². The number of fused-ring (bicyclic) bond motifs is 3. The molecule has 0 spiro atoms. The van der Waals surface area contributed by atoms with E-state index < -0.39 is 66.3 Å². The average molecular weight is 610 g/mol. The van der Waals surface area contributed by atoms with Crippen molar-refractivity contribution in [1.82, 2.24) is 21.3 Å². The fourth-order valence-corrected chi connectivity index (χ4v) is 4.96. The van der Waals surface area contributed by atoms with Gasteiger partial charge in [-0.1, -0.05) is 62.4 Å². The lowest BCUT2D eigenvalue weighted by atomic mass is 9.98. The molecule has 13 nitrogen and oxygen atoms in total. The van der Waals surface area contributed by atoms with E-state index in [9.17, 15) is 33.9 Å². The Labute approximate surface area is 255 Å². The highest BCUT2D eigenvalue weighted by molar-refractivity contribution is 5.96. The molecule has 1 aliphatic carbocycles. The van der Waals surface area contributed by atoms with Crippen LogP contribution < -0.4 is 27.0 Å². The quantitative estimate of drug-likeness (QED) is 0.184. The maximum absolute atomic E-state index is 12.8. The standard InChI is InChI=1S/C31H39N5O8/c1-16(2)13-25(30(41)42)36-29(40)24(14-26(32)37)35-28(39)17(3)33-27(38)18(4)34-31(43)44-15-23-21-11-7-5-9-19(21)20-10-6-8-12-22(20)23/h5-12,16-18,23-25H,13-15H2,1-4H3,(H2,32,37)(H,33,38)(H,34,43)(H,35,39)(H,36,40)(H,41,42). The van der Waals surface area contributed by atoms with E-state index >= 15 is 0 Å². The number of alkyl carbamates (subject to hydrolysis) is 1. The van der Waals surface area contributed by atoms with Crippen LogP contribution in [0.3, 0.4) is 0 Å². The lowest BCUT2D eigenvalue weighted by Crippen LogP contribution is -2.57. The Morgan fingerprint density at radius 1 is 0.750 bits per heavy atom. The molecule has 5 amide bonds. The third kappa shape index (κ3) is 8.79. The summed E-state index contributed by atoms with van der Waals surface area (Å²) in [5.74, 6) is -4.84. The lowest BCUT2D eigenvalue weighted by Gasteiger charge is -2.24.